The first-order valence-electron chi connectivity index (χ1n) is 9.54. The Hall–Kier alpha value is -2.84. The van der Waals surface area contributed by atoms with E-state index in [2.05, 4.69) is 20.4 Å². The zero-order chi connectivity index (χ0) is 18.8. The molecule has 5 rings (SSSR count). The van der Waals surface area contributed by atoms with Crippen molar-refractivity contribution in [2.75, 3.05) is 19.9 Å². The number of benzene rings is 1. The van der Waals surface area contributed by atoms with Gasteiger partial charge in [0.25, 0.3) is 5.89 Å². The normalized spacial score (nSPS) is 17.3. The molecule has 8 heteroatoms. The predicted molar refractivity (Wildman–Crippen MR) is 99.7 cm³/mol. The number of piperidine rings is 1. The molecule has 3 aromatic rings. The molecule has 2 aliphatic heterocycles. The topological polar surface area (TPSA) is 85.8 Å². The smallest absolute Gasteiger partial charge is 0.258 e. The first kappa shape index (κ1) is 17.3. The number of fused-ring (bicyclic) bond motifs is 1. The van der Waals surface area contributed by atoms with Gasteiger partial charge in [0.15, 0.2) is 17.3 Å². The van der Waals surface area contributed by atoms with Gasteiger partial charge in [0, 0.05) is 24.7 Å². The number of likely N-dealkylation sites (tertiary alicyclic amines) is 1. The molecule has 146 valence electrons. The number of hydrogen-bond donors (Lipinski definition) is 1. The molecular formula is C20H22N4O4. The van der Waals surface area contributed by atoms with Crippen LogP contribution in [-0.2, 0) is 13.1 Å². The van der Waals surface area contributed by atoms with Crippen LogP contribution in [0.3, 0.4) is 0 Å². The summed E-state index contributed by atoms with van der Waals surface area (Å²) in [4.78, 5) is 6.92. The summed E-state index contributed by atoms with van der Waals surface area (Å²) in [5.74, 6) is 3.61. The van der Waals surface area contributed by atoms with Crippen molar-refractivity contribution in [2.45, 2.75) is 32.0 Å². The van der Waals surface area contributed by atoms with Crippen LogP contribution in [0, 0.1) is 0 Å². The third-order valence-corrected chi connectivity index (χ3v) is 5.18. The molecule has 4 heterocycles. The Kier molecular flexibility index (Phi) is 4.72. The third kappa shape index (κ3) is 3.74. The van der Waals surface area contributed by atoms with Crippen LogP contribution in [0.5, 0.6) is 11.5 Å². The van der Waals surface area contributed by atoms with Gasteiger partial charge in [-0.05, 0) is 43.2 Å². The van der Waals surface area contributed by atoms with Gasteiger partial charge in [-0.1, -0.05) is 5.16 Å². The lowest BCUT2D eigenvalue weighted by atomic mass is 10.0. The van der Waals surface area contributed by atoms with Crippen molar-refractivity contribution >= 4 is 0 Å². The zero-order valence-electron chi connectivity index (χ0n) is 15.5. The number of nitrogens with one attached hydrogen (secondary N) is 1. The summed E-state index contributed by atoms with van der Waals surface area (Å²) in [6.07, 6.45) is 3.91. The third-order valence-electron chi connectivity index (χ3n) is 5.18. The number of nitrogens with zero attached hydrogens (tertiary/aromatic N) is 3. The van der Waals surface area contributed by atoms with Crippen molar-refractivity contribution in [1.29, 1.82) is 0 Å². The van der Waals surface area contributed by atoms with Crippen LogP contribution in [0.4, 0.5) is 0 Å². The average Bonchev–Trinajstić information content (AvgIpc) is 3.48. The lowest BCUT2D eigenvalue weighted by Gasteiger charge is -2.31. The molecule has 0 atom stereocenters. The van der Waals surface area contributed by atoms with Gasteiger partial charge in [-0.2, -0.15) is 4.98 Å². The summed E-state index contributed by atoms with van der Waals surface area (Å²) in [7, 11) is 0. The highest BCUT2D eigenvalue weighted by Gasteiger charge is 2.21. The summed E-state index contributed by atoms with van der Waals surface area (Å²) in [5, 5.41) is 7.64. The van der Waals surface area contributed by atoms with Crippen LogP contribution >= 0.6 is 0 Å². The quantitative estimate of drug-likeness (QED) is 0.697. The fraction of sp³-hybridized carbons (Fsp3) is 0.400. The van der Waals surface area contributed by atoms with Crippen molar-refractivity contribution in [3.8, 4) is 23.0 Å². The van der Waals surface area contributed by atoms with Gasteiger partial charge in [-0.25, -0.2) is 0 Å². The Morgan fingerprint density at radius 2 is 2.00 bits per heavy atom. The highest BCUT2D eigenvalue weighted by molar-refractivity contribution is 5.60. The number of ether oxygens (including phenoxy) is 2. The van der Waals surface area contributed by atoms with Gasteiger partial charge >= 0.3 is 0 Å². The minimum absolute atomic E-state index is 0.248. The maximum atomic E-state index is 5.43. The predicted octanol–water partition coefficient (Wildman–Crippen LogP) is 2.81. The molecule has 2 aromatic heterocycles. The van der Waals surface area contributed by atoms with E-state index in [1.807, 2.05) is 30.3 Å². The highest BCUT2D eigenvalue weighted by Crippen LogP contribution is 2.35. The molecule has 2 aliphatic rings. The van der Waals surface area contributed by atoms with Crippen molar-refractivity contribution < 1.29 is 18.4 Å². The van der Waals surface area contributed by atoms with Crippen molar-refractivity contribution in [1.82, 2.24) is 20.4 Å². The molecule has 28 heavy (non-hydrogen) atoms. The molecule has 0 radical (unpaired) electrons. The number of rotatable bonds is 6. The second-order valence-corrected chi connectivity index (χ2v) is 7.09. The molecule has 0 saturated carbocycles. The average molecular weight is 382 g/mol. The number of furan rings is 1. The van der Waals surface area contributed by atoms with Gasteiger partial charge < -0.3 is 23.7 Å². The van der Waals surface area contributed by atoms with Crippen LogP contribution in [0.25, 0.3) is 11.5 Å². The van der Waals surface area contributed by atoms with E-state index in [0.29, 0.717) is 30.1 Å². The Balaban J connectivity index is 1.12. The van der Waals surface area contributed by atoms with Gasteiger partial charge in [-0.15, -0.1) is 0 Å². The molecule has 1 aromatic carbocycles. The van der Waals surface area contributed by atoms with E-state index in [1.165, 1.54) is 0 Å². The Morgan fingerprint density at radius 3 is 2.86 bits per heavy atom. The van der Waals surface area contributed by atoms with E-state index in [1.54, 1.807) is 6.26 Å². The molecule has 0 bridgehead atoms. The van der Waals surface area contributed by atoms with Gasteiger partial charge in [0.1, 0.15) is 5.76 Å². The number of hydrogen-bond acceptors (Lipinski definition) is 8. The molecule has 1 saturated heterocycles. The first-order valence-corrected chi connectivity index (χ1v) is 9.54. The SMILES string of the molecule is c1coc(CN2CCC(NCc3noc(-c4ccc5c(c4)OCO5)n3)CC2)c1. The summed E-state index contributed by atoms with van der Waals surface area (Å²) >= 11 is 0. The van der Waals surface area contributed by atoms with E-state index in [9.17, 15) is 0 Å². The lowest BCUT2D eigenvalue weighted by molar-refractivity contribution is 0.174. The van der Waals surface area contributed by atoms with Crippen LogP contribution in [0.2, 0.25) is 0 Å². The van der Waals surface area contributed by atoms with E-state index in [0.717, 1.165) is 49.5 Å². The van der Waals surface area contributed by atoms with Crippen LogP contribution in [0.1, 0.15) is 24.4 Å². The van der Waals surface area contributed by atoms with Gasteiger partial charge in [0.2, 0.25) is 6.79 Å². The summed E-state index contributed by atoms with van der Waals surface area (Å²) < 4.78 is 21.6. The molecule has 0 unspecified atom stereocenters. The number of aromatic nitrogens is 2. The fourth-order valence-electron chi connectivity index (χ4n) is 3.63. The molecule has 0 aliphatic carbocycles. The van der Waals surface area contributed by atoms with E-state index in [4.69, 9.17) is 18.4 Å². The maximum absolute atomic E-state index is 5.43. The molecule has 0 amide bonds. The Bertz CT molecular complexity index is 916. The maximum Gasteiger partial charge on any atom is 0.258 e. The molecule has 0 spiro atoms. The minimum Gasteiger partial charge on any atom is -0.468 e. The van der Waals surface area contributed by atoms with Gasteiger partial charge in [-0.3, -0.25) is 4.90 Å². The first-order chi connectivity index (χ1) is 13.8. The molecule has 1 N–H and O–H groups in total. The van der Waals surface area contributed by atoms with Crippen molar-refractivity contribution in [3.05, 3.63) is 48.2 Å². The highest BCUT2D eigenvalue weighted by atomic mass is 16.7. The fourth-order valence-corrected chi connectivity index (χ4v) is 3.63. The van der Waals surface area contributed by atoms with Crippen molar-refractivity contribution in [2.24, 2.45) is 0 Å². The minimum atomic E-state index is 0.248. The second-order valence-electron chi connectivity index (χ2n) is 7.09. The molecule has 8 nitrogen and oxygen atoms in total. The van der Waals surface area contributed by atoms with Crippen LogP contribution in [0.15, 0.2) is 45.5 Å². The van der Waals surface area contributed by atoms with E-state index < -0.39 is 0 Å². The Morgan fingerprint density at radius 1 is 1.11 bits per heavy atom. The summed E-state index contributed by atoms with van der Waals surface area (Å²) in [6.45, 7) is 3.82. The lowest BCUT2D eigenvalue weighted by Crippen LogP contribution is -2.41. The monoisotopic (exact) mass is 382 g/mol. The standard InChI is InChI=1S/C20H22N4O4/c1-2-16(25-9-1)12-24-7-5-15(6-8-24)21-11-19-22-20(28-23-19)14-3-4-17-18(10-14)27-13-26-17/h1-4,9-10,15,21H,5-8,11-13H2. The summed E-state index contributed by atoms with van der Waals surface area (Å²) in [5.41, 5.74) is 0.828. The second kappa shape index (κ2) is 7.65. The molecule has 1 fully saturated rings. The Labute approximate surface area is 162 Å². The van der Waals surface area contributed by atoms with Gasteiger partial charge in [0.05, 0.1) is 19.4 Å². The van der Waals surface area contributed by atoms with Crippen molar-refractivity contribution in [3.63, 3.8) is 0 Å². The van der Waals surface area contributed by atoms with E-state index >= 15 is 0 Å². The largest absolute Gasteiger partial charge is 0.468 e. The van der Waals surface area contributed by atoms with Crippen LogP contribution < -0.4 is 14.8 Å². The zero-order valence-corrected chi connectivity index (χ0v) is 15.5. The van der Waals surface area contributed by atoms with E-state index in [-0.39, 0.29) is 6.79 Å². The van der Waals surface area contributed by atoms with Crippen LogP contribution in [-0.4, -0.2) is 41.0 Å². The molecular weight excluding hydrogens is 360 g/mol. The summed E-state index contributed by atoms with van der Waals surface area (Å²) in [6, 6.07) is 10.0.